The molecule has 0 aliphatic carbocycles. The van der Waals surface area contributed by atoms with Crippen LogP contribution in [0.2, 0.25) is 0 Å². The van der Waals surface area contributed by atoms with Gasteiger partial charge in [0.15, 0.2) is 5.96 Å². The van der Waals surface area contributed by atoms with Gasteiger partial charge in [-0.25, -0.2) is 4.79 Å². The minimum absolute atomic E-state index is 0.0352. The number of hydrogen-bond donors (Lipinski definition) is 5. The van der Waals surface area contributed by atoms with Crippen LogP contribution in [-0.4, -0.2) is 46.5 Å². The smallest absolute Gasteiger partial charge is 0.406 e. The van der Waals surface area contributed by atoms with Crippen molar-refractivity contribution in [3.05, 3.63) is 87.6 Å². The van der Waals surface area contributed by atoms with Gasteiger partial charge in [0, 0.05) is 35.8 Å². The van der Waals surface area contributed by atoms with Crippen molar-refractivity contribution in [3.8, 4) is 11.4 Å². The molecule has 262 valence electrons. The molecule has 0 amide bonds. The van der Waals surface area contributed by atoms with E-state index in [-0.39, 0.29) is 28.2 Å². The molecule has 0 saturated carbocycles. The monoisotopic (exact) mass is 670 g/mol. The van der Waals surface area contributed by atoms with Gasteiger partial charge in [-0.2, -0.15) is 4.98 Å². The molecule has 48 heavy (non-hydrogen) atoms. The molecule has 0 unspecified atom stereocenters. The Balaban J connectivity index is 0.000000286. The number of nitrogens with two attached hydrogens (primary N) is 3. The molecule has 10 nitrogen and oxygen atoms in total. The van der Waals surface area contributed by atoms with E-state index in [1.165, 1.54) is 12.1 Å². The van der Waals surface area contributed by atoms with Gasteiger partial charge in [0.25, 0.3) is 0 Å². The molecule has 0 saturated heterocycles. The molecule has 0 atom stereocenters. The van der Waals surface area contributed by atoms with Crippen molar-refractivity contribution in [3.63, 3.8) is 0 Å². The summed E-state index contributed by atoms with van der Waals surface area (Å²) in [5.74, 6) is -0.0373. The Bertz CT molecular complexity index is 1710. The van der Waals surface area contributed by atoms with Crippen LogP contribution in [0.25, 0.3) is 16.7 Å². The SMILES string of the molecule is CC(C)(C)c1cc(CCCN)cc(OC(F)(F)F)c1.CC(C)(C)c1cc2cn(-c3ccc(CNCCCN=C(N)N)cc3)c(=O)nc2[nH]1. The van der Waals surface area contributed by atoms with Crippen molar-refractivity contribution in [2.75, 3.05) is 19.6 Å². The number of guanidine groups is 1. The molecule has 0 fully saturated rings. The van der Waals surface area contributed by atoms with E-state index >= 15 is 0 Å². The predicted molar refractivity (Wildman–Crippen MR) is 187 cm³/mol. The number of aliphatic imine (C=N–C) groups is 1. The van der Waals surface area contributed by atoms with Crippen molar-refractivity contribution in [2.24, 2.45) is 22.2 Å². The molecule has 0 radical (unpaired) electrons. The highest BCUT2D eigenvalue weighted by Crippen LogP contribution is 2.31. The van der Waals surface area contributed by atoms with Crippen LogP contribution >= 0.6 is 0 Å². The lowest BCUT2D eigenvalue weighted by molar-refractivity contribution is -0.274. The van der Waals surface area contributed by atoms with Crippen LogP contribution in [0.15, 0.2) is 64.5 Å². The molecule has 2 aromatic heterocycles. The minimum atomic E-state index is -4.67. The van der Waals surface area contributed by atoms with E-state index in [9.17, 15) is 18.0 Å². The van der Waals surface area contributed by atoms with Crippen LogP contribution in [0, 0.1) is 0 Å². The lowest BCUT2D eigenvalue weighted by Gasteiger charge is -2.21. The minimum Gasteiger partial charge on any atom is -0.406 e. The number of alkyl halides is 3. The molecule has 0 bridgehead atoms. The van der Waals surface area contributed by atoms with Gasteiger partial charge in [0.2, 0.25) is 0 Å². The summed E-state index contributed by atoms with van der Waals surface area (Å²) in [5, 5.41) is 4.27. The number of aromatic nitrogens is 3. The number of hydrogen-bond acceptors (Lipinski definition) is 6. The number of halogens is 3. The van der Waals surface area contributed by atoms with Gasteiger partial charge < -0.3 is 32.2 Å². The zero-order valence-corrected chi connectivity index (χ0v) is 28.7. The molecule has 4 rings (SSSR count). The van der Waals surface area contributed by atoms with Crippen LogP contribution in [0.5, 0.6) is 5.75 Å². The second kappa shape index (κ2) is 16.2. The average Bonchev–Trinajstić information content (AvgIpc) is 3.40. The zero-order valence-electron chi connectivity index (χ0n) is 28.7. The quantitative estimate of drug-likeness (QED) is 0.0795. The van der Waals surface area contributed by atoms with Crippen LogP contribution in [-0.2, 0) is 23.8 Å². The number of benzene rings is 2. The standard InChI is InChI=1S/C21H29N7O.C14H20F3NO/c1-21(2,3)17-11-15-13-28(20(29)27-18(15)26-17)16-7-5-14(6-8-16)12-24-9-4-10-25-19(22)23;1-13(2,3)11-7-10(5-4-6-18)8-12(9-11)19-14(15,16)17/h5-8,11,13,24H,4,9-10,12H2,1-3H3,(H4,22,23,25)(H,26,27,29);7-9H,4-6,18H2,1-3H3. The summed E-state index contributed by atoms with van der Waals surface area (Å²) in [6, 6.07) is 14.7. The van der Waals surface area contributed by atoms with Crippen molar-refractivity contribution in [2.45, 2.75) is 84.5 Å². The fourth-order valence-electron chi connectivity index (χ4n) is 4.74. The van der Waals surface area contributed by atoms with E-state index in [1.54, 1.807) is 4.57 Å². The van der Waals surface area contributed by atoms with Crippen LogP contribution in [0.3, 0.4) is 0 Å². The largest absolute Gasteiger partial charge is 0.573 e. The number of H-pyrrole nitrogens is 1. The number of ether oxygens (including phenoxy) is 1. The fourth-order valence-corrected chi connectivity index (χ4v) is 4.74. The first kappa shape index (κ1) is 38.1. The maximum absolute atomic E-state index is 12.5. The second-order valence-electron chi connectivity index (χ2n) is 13.7. The fraction of sp³-hybridized carbons (Fsp3) is 0.457. The average molecular weight is 671 g/mol. The third-order valence-electron chi connectivity index (χ3n) is 7.40. The number of nitrogens with zero attached hydrogens (tertiary/aromatic N) is 3. The van der Waals surface area contributed by atoms with Crippen LogP contribution < -0.4 is 32.9 Å². The predicted octanol–water partition coefficient (Wildman–Crippen LogP) is 5.54. The number of fused-ring (bicyclic) bond motifs is 1. The van der Waals surface area contributed by atoms with Crippen molar-refractivity contribution in [1.82, 2.24) is 19.9 Å². The molecule has 2 heterocycles. The topological polar surface area (TPSA) is 162 Å². The lowest BCUT2D eigenvalue weighted by Crippen LogP contribution is -2.23. The van der Waals surface area contributed by atoms with Gasteiger partial charge >= 0.3 is 12.1 Å². The van der Waals surface area contributed by atoms with Gasteiger partial charge in [-0.1, -0.05) is 59.7 Å². The summed E-state index contributed by atoms with van der Waals surface area (Å²) in [7, 11) is 0. The van der Waals surface area contributed by atoms with Gasteiger partial charge in [-0.05, 0) is 84.8 Å². The Hall–Kier alpha value is -4.36. The summed E-state index contributed by atoms with van der Waals surface area (Å²) in [6.45, 7) is 14.9. The molecule has 8 N–H and O–H groups in total. The Kier molecular flexibility index (Phi) is 12.8. The first-order valence-electron chi connectivity index (χ1n) is 15.9. The molecular formula is C35H49F3N8O2. The maximum atomic E-state index is 12.5. The van der Waals surface area contributed by atoms with E-state index in [1.807, 2.05) is 57.3 Å². The van der Waals surface area contributed by atoms with Crippen molar-refractivity contribution in [1.29, 1.82) is 0 Å². The van der Waals surface area contributed by atoms with Gasteiger partial charge in [-0.15, -0.1) is 13.2 Å². The summed E-state index contributed by atoms with van der Waals surface area (Å²) in [5.41, 5.74) is 20.7. The van der Waals surface area contributed by atoms with Gasteiger partial charge in [-0.3, -0.25) is 9.56 Å². The highest BCUT2D eigenvalue weighted by molar-refractivity contribution is 5.76. The molecular weight excluding hydrogens is 621 g/mol. The number of aryl methyl sites for hydroxylation is 1. The molecule has 4 aromatic rings. The normalized spacial score (nSPS) is 12.0. The highest BCUT2D eigenvalue weighted by Gasteiger charge is 2.31. The Morgan fingerprint density at radius 3 is 2.23 bits per heavy atom. The maximum Gasteiger partial charge on any atom is 0.573 e. The van der Waals surface area contributed by atoms with E-state index in [4.69, 9.17) is 17.2 Å². The Morgan fingerprint density at radius 1 is 0.958 bits per heavy atom. The van der Waals surface area contributed by atoms with E-state index in [0.717, 1.165) is 59.4 Å². The second-order valence-corrected chi connectivity index (χ2v) is 13.7. The first-order valence-corrected chi connectivity index (χ1v) is 15.9. The zero-order chi connectivity index (χ0) is 35.7. The van der Waals surface area contributed by atoms with Crippen molar-refractivity contribution < 1.29 is 17.9 Å². The van der Waals surface area contributed by atoms with E-state index < -0.39 is 6.36 Å². The molecule has 0 aliphatic heterocycles. The molecule has 2 aromatic carbocycles. The van der Waals surface area contributed by atoms with Gasteiger partial charge in [0.1, 0.15) is 11.4 Å². The molecule has 13 heteroatoms. The number of rotatable bonds is 11. The van der Waals surface area contributed by atoms with Crippen molar-refractivity contribution >= 4 is 17.0 Å². The summed E-state index contributed by atoms with van der Waals surface area (Å²) in [6.07, 6.45) is -0.576. The third kappa shape index (κ3) is 12.0. The third-order valence-corrected chi connectivity index (χ3v) is 7.40. The van der Waals surface area contributed by atoms with Gasteiger partial charge in [0.05, 0.1) is 5.69 Å². The Labute approximate surface area is 280 Å². The molecule has 0 spiro atoms. The molecule has 0 aliphatic rings. The summed E-state index contributed by atoms with van der Waals surface area (Å²) < 4.78 is 42.5. The van der Waals surface area contributed by atoms with E-state index in [0.29, 0.717) is 25.2 Å². The number of nitrogens with one attached hydrogen (secondary N) is 2. The Morgan fingerprint density at radius 2 is 1.65 bits per heavy atom. The summed E-state index contributed by atoms with van der Waals surface area (Å²) >= 11 is 0. The highest BCUT2D eigenvalue weighted by atomic mass is 19.4. The van der Waals surface area contributed by atoms with E-state index in [2.05, 4.69) is 51.9 Å². The van der Waals surface area contributed by atoms with Crippen LogP contribution in [0.4, 0.5) is 13.2 Å². The first-order chi connectivity index (χ1) is 22.4. The summed E-state index contributed by atoms with van der Waals surface area (Å²) in [4.78, 5) is 23.9. The lowest BCUT2D eigenvalue weighted by atomic mass is 9.85. The number of aromatic amines is 1. The van der Waals surface area contributed by atoms with Crippen LogP contribution in [0.1, 0.15) is 76.8 Å².